The summed E-state index contributed by atoms with van der Waals surface area (Å²) in [5.74, 6) is -1.07. The molecule has 1 aromatic heterocycles. The number of aromatic nitrogens is 1. The van der Waals surface area contributed by atoms with Gasteiger partial charge in [-0.1, -0.05) is 0 Å². The van der Waals surface area contributed by atoms with Gasteiger partial charge >= 0.3 is 6.18 Å². The number of pyridine rings is 1. The highest BCUT2D eigenvalue weighted by Crippen LogP contribution is 2.42. The van der Waals surface area contributed by atoms with E-state index in [0.29, 0.717) is 48.6 Å². The molecule has 176 valence electrons. The van der Waals surface area contributed by atoms with Gasteiger partial charge < -0.3 is 15.2 Å². The van der Waals surface area contributed by atoms with Crippen molar-refractivity contribution in [3.8, 4) is 0 Å². The summed E-state index contributed by atoms with van der Waals surface area (Å²) in [6.07, 6.45) is -2.78. The Hall–Kier alpha value is -3.82. The molecule has 3 aromatic rings. The first-order valence-electron chi connectivity index (χ1n) is 10.8. The van der Waals surface area contributed by atoms with Crippen molar-refractivity contribution in [3.63, 3.8) is 0 Å². The summed E-state index contributed by atoms with van der Waals surface area (Å²) in [6, 6.07) is 9.96. The van der Waals surface area contributed by atoms with E-state index in [0.717, 1.165) is 12.1 Å². The summed E-state index contributed by atoms with van der Waals surface area (Å²) in [5, 5.41) is 3.20. The quantitative estimate of drug-likeness (QED) is 0.450. The Kier molecular flexibility index (Phi) is 5.30. The average molecular weight is 472 g/mol. The molecule has 5 rings (SSSR count). The third kappa shape index (κ3) is 3.89. The van der Waals surface area contributed by atoms with E-state index >= 15 is 0 Å². The van der Waals surface area contributed by atoms with Gasteiger partial charge in [-0.25, -0.2) is 4.39 Å². The first-order valence-corrected chi connectivity index (χ1v) is 10.8. The minimum Gasteiger partial charge on any atom is -0.383 e. The highest BCUT2D eigenvalue weighted by Gasteiger charge is 2.37. The number of rotatable bonds is 0. The van der Waals surface area contributed by atoms with Gasteiger partial charge in [-0.3, -0.25) is 14.5 Å². The lowest BCUT2D eigenvalue weighted by atomic mass is 10.0. The highest BCUT2D eigenvalue weighted by molar-refractivity contribution is 6.13. The van der Waals surface area contributed by atoms with Gasteiger partial charge in [-0.05, 0) is 61.7 Å². The van der Waals surface area contributed by atoms with E-state index in [1.807, 2.05) is 0 Å². The number of carbonyl (C=O) groups excluding carboxylic acids is 1. The minimum absolute atomic E-state index is 0.0312. The third-order valence-corrected chi connectivity index (χ3v) is 6.06. The number of aryl methyl sites for hydroxylation is 1. The van der Waals surface area contributed by atoms with Gasteiger partial charge in [0.25, 0.3) is 5.91 Å². The predicted molar refractivity (Wildman–Crippen MR) is 120 cm³/mol. The van der Waals surface area contributed by atoms with Gasteiger partial charge in [-0.2, -0.15) is 13.2 Å². The second-order valence-corrected chi connectivity index (χ2v) is 8.26. The monoisotopic (exact) mass is 472 g/mol. The van der Waals surface area contributed by atoms with Gasteiger partial charge in [0.15, 0.2) is 0 Å². The molecule has 1 amide bonds. The van der Waals surface area contributed by atoms with E-state index in [9.17, 15) is 27.2 Å². The van der Waals surface area contributed by atoms with Crippen LogP contribution in [-0.4, -0.2) is 24.1 Å². The fraction of sp³-hybridized carbons (Fsp3) is 0.250. The van der Waals surface area contributed by atoms with Crippen molar-refractivity contribution in [1.82, 2.24) is 4.98 Å². The van der Waals surface area contributed by atoms with Crippen LogP contribution in [0.3, 0.4) is 0 Å². The van der Waals surface area contributed by atoms with Crippen molar-refractivity contribution < 1.29 is 22.4 Å². The zero-order chi connectivity index (χ0) is 24.0. The number of fused-ring (bicyclic) bond motifs is 8. The maximum Gasteiger partial charge on any atom is 0.416 e. The normalized spacial score (nSPS) is 15.9. The number of hydrogen-bond acceptors (Lipinski definition) is 4. The number of halogens is 4. The zero-order valence-electron chi connectivity index (χ0n) is 17.9. The molecule has 0 atom stereocenters. The fourth-order valence-corrected chi connectivity index (χ4v) is 4.43. The number of nitrogens with zero attached hydrogens (tertiary/aromatic N) is 2. The Bertz CT molecular complexity index is 1340. The molecule has 34 heavy (non-hydrogen) atoms. The number of hydrogen-bond donors (Lipinski definition) is 2. The fourth-order valence-electron chi connectivity index (χ4n) is 4.43. The minimum atomic E-state index is -4.63. The number of nitrogens with one attached hydrogen (secondary N) is 2. The Morgan fingerprint density at radius 2 is 1.62 bits per heavy atom. The molecule has 0 saturated carbocycles. The Morgan fingerprint density at radius 3 is 2.41 bits per heavy atom. The second kappa shape index (κ2) is 8.19. The lowest BCUT2D eigenvalue weighted by molar-refractivity contribution is -0.137. The van der Waals surface area contributed by atoms with Crippen molar-refractivity contribution >= 4 is 28.7 Å². The number of aromatic amines is 1. The van der Waals surface area contributed by atoms with Crippen molar-refractivity contribution in [3.05, 3.63) is 81.5 Å². The van der Waals surface area contributed by atoms with Crippen LogP contribution in [0, 0.1) is 5.82 Å². The SMILES string of the molecule is O=C1c2cc(C(F)(F)F)ccc2N2CN1c1ccc(=O)[nH]c1CCCCNc1cc(F)ccc12. The number of benzene rings is 2. The largest absolute Gasteiger partial charge is 0.416 e. The van der Waals surface area contributed by atoms with E-state index in [1.165, 1.54) is 41.3 Å². The first kappa shape index (κ1) is 22.0. The smallest absolute Gasteiger partial charge is 0.383 e. The van der Waals surface area contributed by atoms with Crippen LogP contribution in [-0.2, 0) is 12.6 Å². The average Bonchev–Trinajstić information content (AvgIpc) is 2.79. The van der Waals surface area contributed by atoms with E-state index < -0.39 is 23.5 Å². The van der Waals surface area contributed by atoms with Crippen molar-refractivity contribution in [2.75, 3.05) is 28.3 Å². The molecular weight excluding hydrogens is 452 g/mol. The number of carbonyl (C=O) groups is 1. The third-order valence-electron chi connectivity index (χ3n) is 6.06. The van der Waals surface area contributed by atoms with E-state index in [4.69, 9.17) is 0 Å². The maximum atomic E-state index is 14.1. The zero-order valence-corrected chi connectivity index (χ0v) is 17.9. The second-order valence-electron chi connectivity index (χ2n) is 8.26. The van der Waals surface area contributed by atoms with Crippen LogP contribution in [0.2, 0.25) is 0 Å². The van der Waals surface area contributed by atoms with Crippen LogP contribution in [0.15, 0.2) is 53.3 Å². The summed E-state index contributed by atoms with van der Waals surface area (Å²) < 4.78 is 54.5. The molecule has 2 N–H and O–H groups in total. The van der Waals surface area contributed by atoms with Crippen LogP contribution >= 0.6 is 0 Å². The molecular formula is C24H20F4N4O2. The van der Waals surface area contributed by atoms with E-state index in [2.05, 4.69) is 10.3 Å². The van der Waals surface area contributed by atoms with Gasteiger partial charge in [0.2, 0.25) is 5.56 Å². The van der Waals surface area contributed by atoms with Crippen molar-refractivity contribution in [2.24, 2.45) is 0 Å². The molecule has 6 nitrogen and oxygen atoms in total. The summed E-state index contributed by atoms with van der Waals surface area (Å²) in [7, 11) is 0. The molecule has 0 saturated heterocycles. The molecule has 2 aliphatic heterocycles. The number of alkyl halides is 3. The van der Waals surface area contributed by atoms with Crippen LogP contribution < -0.4 is 20.7 Å². The molecule has 2 bridgehead atoms. The van der Waals surface area contributed by atoms with Crippen LogP contribution in [0.1, 0.15) is 34.5 Å². The van der Waals surface area contributed by atoms with Gasteiger partial charge in [-0.15, -0.1) is 0 Å². The first-order chi connectivity index (χ1) is 16.2. The molecule has 0 radical (unpaired) electrons. The number of H-pyrrole nitrogens is 1. The standard InChI is InChI=1S/C24H20F4N4O2/c25-15-5-7-21-18(12-15)29-10-2-1-3-17-20(8-9-22(33)30-17)32-13-31(21)19-6-4-14(24(26,27)28)11-16(19)23(32)34/h4-9,11-12,29H,1-3,10,13H2,(H,30,33). The molecule has 2 aromatic carbocycles. The van der Waals surface area contributed by atoms with Crippen molar-refractivity contribution in [2.45, 2.75) is 25.4 Å². The topological polar surface area (TPSA) is 68.4 Å². The number of anilines is 4. The van der Waals surface area contributed by atoms with Crippen LogP contribution in [0.5, 0.6) is 0 Å². The van der Waals surface area contributed by atoms with Crippen LogP contribution in [0.4, 0.5) is 40.3 Å². The lowest BCUT2D eigenvalue weighted by Gasteiger charge is -2.39. The van der Waals surface area contributed by atoms with Gasteiger partial charge in [0.1, 0.15) is 12.5 Å². The molecule has 0 fully saturated rings. The summed E-state index contributed by atoms with van der Waals surface area (Å²) in [6.45, 7) is 0.496. The van der Waals surface area contributed by atoms with Gasteiger partial charge in [0, 0.05) is 18.3 Å². The molecule has 3 heterocycles. The molecule has 0 spiro atoms. The maximum absolute atomic E-state index is 14.1. The number of amides is 1. The molecule has 2 aliphatic rings. The summed E-state index contributed by atoms with van der Waals surface area (Å²) in [4.78, 5) is 31.3. The Morgan fingerprint density at radius 1 is 0.853 bits per heavy atom. The van der Waals surface area contributed by atoms with Gasteiger partial charge in [0.05, 0.1) is 33.9 Å². The summed E-state index contributed by atoms with van der Waals surface area (Å²) in [5.41, 5.74) is 0.838. The van der Waals surface area contributed by atoms with Crippen LogP contribution in [0.25, 0.3) is 0 Å². The predicted octanol–water partition coefficient (Wildman–Crippen LogP) is 5.04. The summed E-state index contributed by atoms with van der Waals surface area (Å²) >= 11 is 0. The molecule has 0 unspecified atom stereocenters. The Labute approximate surface area is 191 Å². The van der Waals surface area contributed by atoms with E-state index in [-0.39, 0.29) is 23.5 Å². The van der Waals surface area contributed by atoms with E-state index in [1.54, 1.807) is 4.90 Å². The Balaban J connectivity index is 1.75. The van der Waals surface area contributed by atoms with Crippen molar-refractivity contribution in [1.29, 1.82) is 0 Å². The highest BCUT2D eigenvalue weighted by atomic mass is 19.4. The lowest BCUT2D eigenvalue weighted by Crippen LogP contribution is -2.46. The molecule has 10 heteroatoms. The molecule has 0 aliphatic carbocycles.